The third kappa shape index (κ3) is 6.55. The van der Waals surface area contributed by atoms with Crippen LogP contribution in [0.1, 0.15) is 19.4 Å². The van der Waals surface area contributed by atoms with Crippen molar-refractivity contribution in [1.82, 2.24) is 10.2 Å². The molecule has 6 nitrogen and oxygen atoms in total. The third-order valence-corrected chi connectivity index (χ3v) is 5.57. The van der Waals surface area contributed by atoms with Crippen molar-refractivity contribution in [1.29, 1.82) is 0 Å². The highest BCUT2D eigenvalue weighted by molar-refractivity contribution is 7.80. The normalized spacial score (nSPS) is 14.0. The van der Waals surface area contributed by atoms with Gasteiger partial charge in [0.25, 0.3) is 0 Å². The summed E-state index contributed by atoms with van der Waals surface area (Å²) in [5, 5.41) is 6.66. The summed E-state index contributed by atoms with van der Waals surface area (Å²) in [6, 6.07) is 15.0. The van der Waals surface area contributed by atoms with Gasteiger partial charge in [-0.1, -0.05) is 49.7 Å². The van der Waals surface area contributed by atoms with E-state index in [0.29, 0.717) is 18.1 Å². The van der Waals surface area contributed by atoms with E-state index in [1.807, 2.05) is 55.1 Å². The quantitative estimate of drug-likeness (QED) is 0.507. The van der Waals surface area contributed by atoms with E-state index in [2.05, 4.69) is 15.5 Å². The van der Waals surface area contributed by atoms with Crippen LogP contribution in [0.15, 0.2) is 54.6 Å². The molecule has 32 heavy (non-hydrogen) atoms. The van der Waals surface area contributed by atoms with Crippen molar-refractivity contribution >= 4 is 58.2 Å². The molecule has 2 amide bonds. The van der Waals surface area contributed by atoms with E-state index in [9.17, 15) is 9.59 Å². The molecule has 8 heteroatoms. The molecule has 1 aliphatic heterocycles. The number of halogens is 1. The zero-order valence-electron chi connectivity index (χ0n) is 18.2. The van der Waals surface area contributed by atoms with Crippen LogP contribution in [0.4, 0.5) is 11.4 Å². The Morgan fingerprint density at radius 3 is 2.34 bits per heavy atom. The molecule has 168 valence electrons. The zero-order chi connectivity index (χ0) is 23.1. The number of carbonyl (C=O) groups excluding carboxylic acids is 2. The predicted octanol–water partition coefficient (Wildman–Crippen LogP) is 4.17. The van der Waals surface area contributed by atoms with Crippen LogP contribution in [0.2, 0.25) is 5.02 Å². The number of nitrogens with zero attached hydrogens (tertiary/aromatic N) is 2. The molecule has 1 fully saturated rings. The molecule has 0 aliphatic carbocycles. The lowest BCUT2D eigenvalue weighted by Gasteiger charge is -2.37. The Morgan fingerprint density at radius 2 is 1.69 bits per heavy atom. The fourth-order valence-corrected chi connectivity index (χ4v) is 3.78. The van der Waals surface area contributed by atoms with Gasteiger partial charge in [-0.3, -0.25) is 14.9 Å². The van der Waals surface area contributed by atoms with Crippen LogP contribution in [0, 0.1) is 5.92 Å². The molecule has 2 aromatic carbocycles. The lowest BCUT2D eigenvalue weighted by atomic mass is 10.1. The molecule has 1 heterocycles. The minimum atomic E-state index is -0.323. The van der Waals surface area contributed by atoms with Gasteiger partial charge in [0.15, 0.2) is 5.11 Å². The summed E-state index contributed by atoms with van der Waals surface area (Å²) in [6.07, 6.45) is 3.12. The van der Waals surface area contributed by atoms with Crippen LogP contribution in [-0.2, 0) is 9.59 Å². The highest BCUT2D eigenvalue weighted by atomic mass is 35.5. The topological polar surface area (TPSA) is 64.7 Å². The Kier molecular flexibility index (Phi) is 8.25. The maximum Gasteiger partial charge on any atom is 0.250 e. The van der Waals surface area contributed by atoms with Gasteiger partial charge in [0, 0.05) is 43.2 Å². The molecule has 2 aromatic rings. The number of thiocarbonyl (C=S) groups is 1. The van der Waals surface area contributed by atoms with E-state index in [1.165, 1.54) is 6.08 Å². The summed E-state index contributed by atoms with van der Waals surface area (Å²) in [6.45, 7) is 6.69. The van der Waals surface area contributed by atoms with Gasteiger partial charge in [-0.25, -0.2) is 0 Å². The fourth-order valence-electron chi connectivity index (χ4n) is 3.44. The molecule has 0 saturated carbocycles. The number of hydrogen-bond acceptors (Lipinski definition) is 4. The number of nitrogens with one attached hydrogen (secondary N) is 2. The summed E-state index contributed by atoms with van der Waals surface area (Å²) in [5.41, 5.74) is 2.66. The summed E-state index contributed by atoms with van der Waals surface area (Å²) >= 11 is 11.2. The van der Waals surface area contributed by atoms with Crippen LogP contribution in [-0.4, -0.2) is 48.0 Å². The van der Waals surface area contributed by atoms with Crippen LogP contribution in [0.5, 0.6) is 0 Å². The first-order valence-corrected chi connectivity index (χ1v) is 11.3. The van der Waals surface area contributed by atoms with E-state index in [0.717, 1.165) is 30.0 Å². The SMILES string of the molecule is CC(C)C(=O)N1CCN(c2ccccc2NC(=S)NC(=O)/C=C/c2ccc(Cl)cc2)CC1. The number of carbonyl (C=O) groups is 2. The Bertz CT molecular complexity index is 999. The number of hydrogen-bond donors (Lipinski definition) is 2. The first-order chi connectivity index (χ1) is 15.3. The Labute approximate surface area is 199 Å². The van der Waals surface area contributed by atoms with Gasteiger partial charge in [-0.15, -0.1) is 0 Å². The fraction of sp³-hybridized carbons (Fsp3) is 0.292. The monoisotopic (exact) mass is 470 g/mol. The molecule has 1 saturated heterocycles. The van der Waals surface area contributed by atoms with Gasteiger partial charge in [-0.05, 0) is 48.1 Å². The Hall–Kier alpha value is -2.90. The summed E-state index contributed by atoms with van der Waals surface area (Å²) in [7, 11) is 0. The predicted molar refractivity (Wildman–Crippen MR) is 135 cm³/mol. The smallest absolute Gasteiger partial charge is 0.250 e. The number of amides is 2. The lowest BCUT2D eigenvalue weighted by Crippen LogP contribution is -2.50. The van der Waals surface area contributed by atoms with Crippen molar-refractivity contribution in [2.45, 2.75) is 13.8 Å². The average Bonchev–Trinajstić information content (AvgIpc) is 2.78. The number of benzene rings is 2. The van der Waals surface area contributed by atoms with Crippen molar-refractivity contribution in [3.05, 3.63) is 65.2 Å². The molecule has 3 rings (SSSR count). The van der Waals surface area contributed by atoms with Gasteiger partial charge in [0.1, 0.15) is 0 Å². The minimum Gasteiger partial charge on any atom is -0.366 e. The second-order valence-corrected chi connectivity index (χ2v) is 8.66. The molecule has 1 aliphatic rings. The molecule has 0 unspecified atom stereocenters. The van der Waals surface area contributed by atoms with E-state index in [-0.39, 0.29) is 22.8 Å². The number of rotatable bonds is 5. The molecule has 0 radical (unpaired) electrons. The molecular weight excluding hydrogens is 444 g/mol. The zero-order valence-corrected chi connectivity index (χ0v) is 19.7. The van der Waals surface area contributed by atoms with E-state index in [1.54, 1.807) is 18.2 Å². The average molecular weight is 471 g/mol. The van der Waals surface area contributed by atoms with Crippen molar-refractivity contribution < 1.29 is 9.59 Å². The Balaban J connectivity index is 1.57. The second kappa shape index (κ2) is 11.1. The van der Waals surface area contributed by atoms with Gasteiger partial charge < -0.3 is 15.1 Å². The second-order valence-electron chi connectivity index (χ2n) is 7.81. The van der Waals surface area contributed by atoms with Crippen molar-refractivity contribution in [3.63, 3.8) is 0 Å². The number of piperazine rings is 1. The maximum absolute atomic E-state index is 12.2. The molecule has 0 spiro atoms. The standard InChI is InChI=1S/C24H27ClN4O2S/c1-17(2)23(31)29-15-13-28(14-16-29)21-6-4-3-5-20(21)26-24(32)27-22(30)12-9-18-7-10-19(25)11-8-18/h3-12,17H,13-16H2,1-2H3,(H2,26,27,30,32)/b12-9+. The molecule has 0 atom stereocenters. The van der Waals surface area contributed by atoms with Crippen LogP contribution in [0.25, 0.3) is 6.08 Å². The number of para-hydroxylation sites is 2. The van der Waals surface area contributed by atoms with Crippen molar-refractivity contribution in [3.8, 4) is 0 Å². The first-order valence-electron chi connectivity index (χ1n) is 10.5. The molecular formula is C24H27ClN4O2S. The third-order valence-electron chi connectivity index (χ3n) is 5.11. The van der Waals surface area contributed by atoms with Gasteiger partial charge in [0.2, 0.25) is 11.8 Å². The maximum atomic E-state index is 12.2. The van der Waals surface area contributed by atoms with Crippen LogP contribution in [0.3, 0.4) is 0 Å². The van der Waals surface area contributed by atoms with Gasteiger partial charge >= 0.3 is 0 Å². The largest absolute Gasteiger partial charge is 0.366 e. The van der Waals surface area contributed by atoms with Crippen molar-refractivity contribution in [2.75, 3.05) is 36.4 Å². The summed E-state index contributed by atoms with van der Waals surface area (Å²) in [4.78, 5) is 28.6. The van der Waals surface area contributed by atoms with E-state index >= 15 is 0 Å². The van der Waals surface area contributed by atoms with E-state index < -0.39 is 0 Å². The Morgan fingerprint density at radius 1 is 1.03 bits per heavy atom. The van der Waals surface area contributed by atoms with Crippen LogP contribution < -0.4 is 15.5 Å². The lowest BCUT2D eigenvalue weighted by molar-refractivity contribution is -0.134. The summed E-state index contributed by atoms with van der Waals surface area (Å²) in [5.74, 6) is -0.132. The van der Waals surface area contributed by atoms with Gasteiger partial charge in [0.05, 0.1) is 11.4 Å². The summed E-state index contributed by atoms with van der Waals surface area (Å²) < 4.78 is 0. The molecule has 2 N–H and O–H groups in total. The highest BCUT2D eigenvalue weighted by Gasteiger charge is 2.24. The number of anilines is 2. The van der Waals surface area contributed by atoms with Gasteiger partial charge in [-0.2, -0.15) is 0 Å². The minimum absolute atomic E-state index is 0.00484. The van der Waals surface area contributed by atoms with E-state index in [4.69, 9.17) is 23.8 Å². The molecule has 0 bridgehead atoms. The molecule has 0 aromatic heterocycles. The highest BCUT2D eigenvalue weighted by Crippen LogP contribution is 2.27. The van der Waals surface area contributed by atoms with Crippen molar-refractivity contribution in [2.24, 2.45) is 5.92 Å². The van der Waals surface area contributed by atoms with Crippen LogP contribution >= 0.6 is 23.8 Å². The first kappa shape index (κ1) is 23.8.